The molecule has 22 heavy (non-hydrogen) atoms. The Morgan fingerprint density at radius 2 is 2.14 bits per heavy atom. The fourth-order valence-corrected chi connectivity index (χ4v) is 3.56. The van der Waals surface area contributed by atoms with Gasteiger partial charge in [0.05, 0.1) is 0 Å². The first kappa shape index (κ1) is 18.8. The van der Waals surface area contributed by atoms with Gasteiger partial charge in [0.15, 0.2) is 0 Å². The average Bonchev–Trinajstić information content (AvgIpc) is 2.46. The van der Waals surface area contributed by atoms with E-state index in [-0.39, 0.29) is 35.9 Å². The van der Waals surface area contributed by atoms with Gasteiger partial charge in [-0.25, -0.2) is 0 Å². The van der Waals surface area contributed by atoms with Crippen LogP contribution in [0.2, 0.25) is 0 Å². The lowest BCUT2D eigenvalue weighted by atomic mass is 9.67. The summed E-state index contributed by atoms with van der Waals surface area (Å²) in [5.74, 6) is 0.221. The maximum absolute atomic E-state index is 12.8. The SMILES string of the molecule is CC(=O)CC[C@@H]1C(=O)[C@H]([C@@H](C)[C@@H](CCO)OC=O)CC[C@H]1C. The Kier molecular flexibility index (Phi) is 7.73. The fourth-order valence-electron chi connectivity index (χ4n) is 3.56. The molecule has 0 aromatic carbocycles. The smallest absolute Gasteiger partial charge is 0.293 e. The number of ketones is 2. The van der Waals surface area contributed by atoms with Crippen molar-refractivity contribution in [2.24, 2.45) is 23.7 Å². The predicted molar refractivity (Wildman–Crippen MR) is 82.1 cm³/mol. The normalized spacial score (nSPS) is 28.0. The van der Waals surface area contributed by atoms with Crippen molar-refractivity contribution in [1.29, 1.82) is 0 Å². The summed E-state index contributed by atoms with van der Waals surface area (Å²) in [7, 11) is 0. The van der Waals surface area contributed by atoms with E-state index in [1.54, 1.807) is 6.92 Å². The minimum absolute atomic E-state index is 0.0755. The minimum Gasteiger partial charge on any atom is -0.464 e. The van der Waals surface area contributed by atoms with Gasteiger partial charge in [0.1, 0.15) is 17.7 Å². The lowest BCUT2D eigenvalue weighted by molar-refractivity contribution is -0.144. The van der Waals surface area contributed by atoms with Crippen LogP contribution in [0.5, 0.6) is 0 Å². The molecule has 5 nitrogen and oxygen atoms in total. The molecule has 5 heteroatoms. The van der Waals surface area contributed by atoms with E-state index in [0.29, 0.717) is 31.7 Å². The number of aliphatic hydroxyl groups excluding tert-OH is 1. The molecule has 1 aliphatic rings. The van der Waals surface area contributed by atoms with Crippen LogP contribution in [-0.2, 0) is 19.1 Å². The second kappa shape index (κ2) is 9.03. The van der Waals surface area contributed by atoms with Gasteiger partial charge in [-0.05, 0) is 32.1 Å². The molecule has 0 aliphatic heterocycles. The van der Waals surface area contributed by atoms with Gasteiger partial charge in [-0.2, -0.15) is 0 Å². The van der Waals surface area contributed by atoms with E-state index in [2.05, 4.69) is 6.92 Å². The first-order valence-corrected chi connectivity index (χ1v) is 8.15. The van der Waals surface area contributed by atoms with Crippen molar-refractivity contribution in [3.8, 4) is 0 Å². The third-order valence-electron chi connectivity index (χ3n) is 5.02. The third kappa shape index (κ3) is 4.90. The molecule has 0 spiro atoms. The maximum atomic E-state index is 12.8. The molecule has 0 aromatic rings. The zero-order valence-electron chi connectivity index (χ0n) is 13.8. The molecule has 1 aliphatic carbocycles. The lowest BCUT2D eigenvalue weighted by Gasteiger charge is -2.37. The highest BCUT2D eigenvalue weighted by Gasteiger charge is 2.40. The number of Topliss-reactive ketones (excluding diaryl/α,β-unsaturated/α-hetero) is 2. The van der Waals surface area contributed by atoms with E-state index in [1.165, 1.54) is 0 Å². The number of aliphatic hydroxyl groups is 1. The molecular weight excluding hydrogens is 284 g/mol. The molecule has 0 saturated heterocycles. The monoisotopic (exact) mass is 312 g/mol. The summed E-state index contributed by atoms with van der Waals surface area (Å²) in [6, 6.07) is 0. The topological polar surface area (TPSA) is 80.7 Å². The van der Waals surface area contributed by atoms with Crippen molar-refractivity contribution in [2.75, 3.05) is 6.61 Å². The Hall–Kier alpha value is -1.23. The predicted octanol–water partition coefficient (Wildman–Crippen LogP) is 2.15. The second-order valence-electron chi connectivity index (χ2n) is 6.55. The molecule has 1 saturated carbocycles. The summed E-state index contributed by atoms with van der Waals surface area (Å²) < 4.78 is 5.06. The summed E-state index contributed by atoms with van der Waals surface area (Å²) >= 11 is 0. The maximum Gasteiger partial charge on any atom is 0.293 e. The highest BCUT2D eigenvalue weighted by molar-refractivity contribution is 5.85. The summed E-state index contributed by atoms with van der Waals surface area (Å²) in [6.45, 7) is 5.84. The van der Waals surface area contributed by atoms with Gasteiger partial charge in [0, 0.05) is 37.2 Å². The number of carbonyl (C=O) groups is 3. The van der Waals surface area contributed by atoms with Gasteiger partial charge in [0.2, 0.25) is 0 Å². The van der Waals surface area contributed by atoms with E-state index in [9.17, 15) is 14.4 Å². The highest BCUT2D eigenvalue weighted by atomic mass is 16.5. The van der Waals surface area contributed by atoms with Crippen LogP contribution in [0.1, 0.15) is 52.9 Å². The second-order valence-corrected chi connectivity index (χ2v) is 6.55. The molecule has 0 amide bonds. The molecule has 0 radical (unpaired) electrons. The summed E-state index contributed by atoms with van der Waals surface area (Å²) in [5.41, 5.74) is 0. The average molecular weight is 312 g/mol. The summed E-state index contributed by atoms with van der Waals surface area (Å²) in [4.78, 5) is 34.6. The Morgan fingerprint density at radius 3 is 2.68 bits per heavy atom. The largest absolute Gasteiger partial charge is 0.464 e. The molecule has 1 rings (SSSR count). The number of hydrogen-bond donors (Lipinski definition) is 1. The molecule has 1 N–H and O–H groups in total. The molecular formula is C17H28O5. The highest BCUT2D eigenvalue weighted by Crippen LogP contribution is 2.38. The standard InChI is InChI=1S/C17H28O5/c1-11-4-6-15(13(3)16(8-9-18)22-10-19)17(21)14(11)7-5-12(2)20/h10-11,13-16,18H,4-9H2,1-3H3/t11-,13-,14+,15+,16-/m1/s1. The minimum atomic E-state index is -0.432. The van der Waals surface area contributed by atoms with E-state index in [1.807, 2.05) is 6.92 Å². The number of ether oxygens (including phenoxy) is 1. The fraction of sp³-hybridized carbons (Fsp3) is 0.824. The van der Waals surface area contributed by atoms with E-state index in [4.69, 9.17) is 9.84 Å². The van der Waals surface area contributed by atoms with Gasteiger partial charge in [-0.3, -0.25) is 9.59 Å². The molecule has 5 atom stereocenters. The zero-order valence-corrected chi connectivity index (χ0v) is 13.8. The summed E-state index contributed by atoms with van der Waals surface area (Å²) in [5, 5.41) is 9.10. The van der Waals surface area contributed by atoms with Crippen molar-refractivity contribution in [3.05, 3.63) is 0 Å². The van der Waals surface area contributed by atoms with Crippen LogP contribution in [0.15, 0.2) is 0 Å². The van der Waals surface area contributed by atoms with Gasteiger partial charge in [0.25, 0.3) is 6.47 Å². The van der Waals surface area contributed by atoms with Crippen molar-refractivity contribution in [2.45, 2.75) is 59.0 Å². The molecule has 126 valence electrons. The Morgan fingerprint density at radius 1 is 1.45 bits per heavy atom. The van der Waals surface area contributed by atoms with Crippen molar-refractivity contribution in [3.63, 3.8) is 0 Å². The number of hydrogen-bond acceptors (Lipinski definition) is 5. The van der Waals surface area contributed by atoms with Crippen LogP contribution >= 0.6 is 0 Å². The van der Waals surface area contributed by atoms with Crippen LogP contribution in [0.3, 0.4) is 0 Å². The van der Waals surface area contributed by atoms with Crippen molar-refractivity contribution < 1.29 is 24.2 Å². The summed E-state index contributed by atoms with van der Waals surface area (Å²) in [6.07, 6.45) is 2.68. The van der Waals surface area contributed by atoms with Gasteiger partial charge >= 0.3 is 0 Å². The Balaban J connectivity index is 2.78. The van der Waals surface area contributed by atoms with Crippen molar-refractivity contribution in [1.82, 2.24) is 0 Å². The van der Waals surface area contributed by atoms with Crippen LogP contribution in [0, 0.1) is 23.7 Å². The van der Waals surface area contributed by atoms with Gasteiger partial charge in [-0.1, -0.05) is 13.8 Å². The van der Waals surface area contributed by atoms with E-state index in [0.717, 1.165) is 12.8 Å². The number of carbonyl (C=O) groups excluding carboxylic acids is 3. The molecule has 0 aromatic heterocycles. The van der Waals surface area contributed by atoms with Crippen LogP contribution in [0.4, 0.5) is 0 Å². The number of rotatable bonds is 9. The first-order valence-electron chi connectivity index (χ1n) is 8.15. The third-order valence-corrected chi connectivity index (χ3v) is 5.02. The van der Waals surface area contributed by atoms with Gasteiger partial charge < -0.3 is 14.6 Å². The van der Waals surface area contributed by atoms with E-state index >= 15 is 0 Å². The Bertz CT molecular complexity index is 393. The molecule has 0 unspecified atom stereocenters. The lowest BCUT2D eigenvalue weighted by Crippen LogP contribution is -2.41. The molecule has 0 heterocycles. The first-order chi connectivity index (χ1) is 10.4. The van der Waals surface area contributed by atoms with E-state index < -0.39 is 6.10 Å². The van der Waals surface area contributed by atoms with Crippen LogP contribution in [0.25, 0.3) is 0 Å². The van der Waals surface area contributed by atoms with Crippen LogP contribution < -0.4 is 0 Å². The zero-order chi connectivity index (χ0) is 16.7. The quantitative estimate of drug-likeness (QED) is 0.660. The van der Waals surface area contributed by atoms with Crippen LogP contribution in [-0.4, -0.2) is 35.9 Å². The van der Waals surface area contributed by atoms with Crippen molar-refractivity contribution >= 4 is 18.0 Å². The molecule has 0 bridgehead atoms. The molecule has 1 fully saturated rings. The Labute approximate surface area is 132 Å². The van der Waals surface area contributed by atoms with Gasteiger partial charge in [-0.15, -0.1) is 0 Å².